The van der Waals surface area contributed by atoms with Crippen LogP contribution in [0.15, 0.2) is 36.5 Å². The molecule has 1 aromatic carbocycles. The highest BCUT2D eigenvalue weighted by molar-refractivity contribution is 5.45. The highest BCUT2D eigenvalue weighted by Crippen LogP contribution is 2.43. The molecule has 3 fully saturated rings. The number of aromatic nitrogens is 1. The first-order chi connectivity index (χ1) is 15.2. The van der Waals surface area contributed by atoms with Crippen molar-refractivity contribution in [3.05, 3.63) is 53.2 Å². The monoisotopic (exact) mass is 448 g/mol. The number of hydrogen-bond donors (Lipinski definition) is 0. The Morgan fingerprint density at radius 2 is 1.75 bits per heavy atom. The highest BCUT2D eigenvalue weighted by atomic mass is 19.4. The van der Waals surface area contributed by atoms with Crippen LogP contribution < -0.4 is 9.64 Å². The van der Waals surface area contributed by atoms with Crippen molar-refractivity contribution in [2.45, 2.75) is 69.7 Å². The second-order valence-electron chi connectivity index (χ2n) is 9.05. The van der Waals surface area contributed by atoms with E-state index in [0.717, 1.165) is 54.8 Å². The Morgan fingerprint density at radius 1 is 1.06 bits per heavy atom. The fourth-order valence-corrected chi connectivity index (χ4v) is 5.25. The van der Waals surface area contributed by atoms with Crippen LogP contribution in [-0.4, -0.2) is 36.4 Å². The summed E-state index contributed by atoms with van der Waals surface area (Å²) >= 11 is 0. The van der Waals surface area contributed by atoms with Gasteiger partial charge in [0.05, 0.1) is 24.3 Å². The zero-order chi connectivity index (χ0) is 22.5. The number of halogens is 3. The lowest BCUT2D eigenvalue weighted by Crippen LogP contribution is -2.47. The van der Waals surface area contributed by atoms with Gasteiger partial charge < -0.3 is 19.1 Å². The van der Waals surface area contributed by atoms with Crippen LogP contribution in [0.5, 0.6) is 5.75 Å². The van der Waals surface area contributed by atoms with E-state index in [9.17, 15) is 13.2 Å². The first kappa shape index (κ1) is 21.5. The van der Waals surface area contributed by atoms with Crippen molar-refractivity contribution in [1.82, 2.24) is 4.98 Å². The first-order valence-corrected chi connectivity index (χ1v) is 11.1. The summed E-state index contributed by atoms with van der Waals surface area (Å²) in [5.41, 5.74) is 1.29. The van der Waals surface area contributed by atoms with Crippen molar-refractivity contribution in [2.24, 2.45) is 0 Å². The van der Waals surface area contributed by atoms with Crippen molar-refractivity contribution < 1.29 is 27.4 Å². The number of alkyl halides is 3. The molecule has 0 spiro atoms. The normalized spacial score (nSPS) is 27.0. The van der Waals surface area contributed by atoms with Crippen molar-refractivity contribution in [2.75, 3.05) is 18.1 Å². The zero-order valence-electron chi connectivity index (χ0n) is 18.2. The Hall–Kier alpha value is -2.32. The van der Waals surface area contributed by atoms with Gasteiger partial charge in [0.25, 0.3) is 0 Å². The quantitative estimate of drug-likeness (QED) is 0.643. The Balaban J connectivity index is 1.33. The molecule has 0 unspecified atom stereocenters. The number of nitrogens with zero attached hydrogens (tertiary/aromatic N) is 2. The molecule has 3 atom stereocenters. The molecular formula is C24H27F3N2O3. The minimum Gasteiger partial charge on any atom is -0.490 e. The van der Waals surface area contributed by atoms with Crippen molar-refractivity contribution in [3.63, 3.8) is 0 Å². The van der Waals surface area contributed by atoms with Gasteiger partial charge in [-0.05, 0) is 51.0 Å². The maximum Gasteiger partial charge on any atom is 0.417 e. The third-order valence-electron chi connectivity index (χ3n) is 6.79. The second-order valence-corrected chi connectivity index (χ2v) is 9.05. The van der Waals surface area contributed by atoms with Gasteiger partial charge in [-0.1, -0.05) is 11.6 Å². The maximum absolute atomic E-state index is 12.9. The van der Waals surface area contributed by atoms with Crippen LogP contribution >= 0.6 is 0 Å². The van der Waals surface area contributed by atoms with Crippen LogP contribution in [0.2, 0.25) is 0 Å². The SMILES string of the molecule is Cc1ccc(O[C@H]2C[C@H]3CC[C@@H](C2)N3c2ccc(C(F)(F)F)cn2)c(C2(C)OCCO2)c1. The van der Waals surface area contributed by atoms with Gasteiger partial charge in [0.1, 0.15) is 17.7 Å². The predicted molar refractivity (Wildman–Crippen MR) is 113 cm³/mol. The predicted octanol–water partition coefficient (Wildman–Crippen LogP) is 5.21. The van der Waals surface area contributed by atoms with Crippen LogP contribution in [0.1, 0.15) is 49.3 Å². The molecule has 0 radical (unpaired) electrons. The number of ether oxygens (including phenoxy) is 3. The molecule has 0 saturated carbocycles. The van der Waals surface area contributed by atoms with E-state index < -0.39 is 17.5 Å². The molecule has 3 saturated heterocycles. The van der Waals surface area contributed by atoms with E-state index in [2.05, 4.69) is 16.0 Å². The summed E-state index contributed by atoms with van der Waals surface area (Å²) < 4.78 is 56.9. The molecule has 0 aliphatic carbocycles. The van der Waals surface area contributed by atoms with E-state index in [-0.39, 0.29) is 18.2 Å². The maximum atomic E-state index is 12.9. The highest BCUT2D eigenvalue weighted by Gasteiger charge is 2.43. The molecule has 8 heteroatoms. The largest absolute Gasteiger partial charge is 0.490 e. The lowest BCUT2D eigenvalue weighted by atomic mass is 9.98. The van der Waals surface area contributed by atoms with Gasteiger partial charge in [0.2, 0.25) is 0 Å². The van der Waals surface area contributed by atoms with Crippen LogP contribution in [0, 0.1) is 6.92 Å². The van der Waals surface area contributed by atoms with Crippen LogP contribution in [0.3, 0.4) is 0 Å². The smallest absolute Gasteiger partial charge is 0.417 e. The Kier molecular flexibility index (Phi) is 5.33. The molecule has 3 aliphatic rings. The Morgan fingerprint density at radius 3 is 2.34 bits per heavy atom. The molecule has 172 valence electrons. The number of fused-ring (bicyclic) bond motifs is 2. The summed E-state index contributed by atoms with van der Waals surface area (Å²) in [6.45, 7) is 5.05. The van der Waals surface area contributed by atoms with Crippen molar-refractivity contribution in [1.29, 1.82) is 0 Å². The fourth-order valence-electron chi connectivity index (χ4n) is 5.25. The fraction of sp³-hybridized carbons (Fsp3) is 0.542. The van der Waals surface area contributed by atoms with E-state index in [4.69, 9.17) is 14.2 Å². The summed E-state index contributed by atoms with van der Waals surface area (Å²) in [7, 11) is 0. The van der Waals surface area contributed by atoms with Gasteiger partial charge in [-0.15, -0.1) is 0 Å². The second kappa shape index (κ2) is 7.92. The van der Waals surface area contributed by atoms with Crippen LogP contribution in [0.4, 0.5) is 19.0 Å². The molecule has 3 aliphatic heterocycles. The van der Waals surface area contributed by atoms with Crippen LogP contribution in [0.25, 0.3) is 0 Å². The number of rotatable bonds is 4. The third kappa shape index (κ3) is 3.94. The molecule has 32 heavy (non-hydrogen) atoms. The molecule has 0 N–H and O–H groups in total. The molecule has 1 aromatic heterocycles. The van der Waals surface area contributed by atoms with E-state index in [1.54, 1.807) is 0 Å². The van der Waals surface area contributed by atoms with Gasteiger partial charge in [0, 0.05) is 31.1 Å². The van der Waals surface area contributed by atoms with Gasteiger partial charge in [-0.2, -0.15) is 13.2 Å². The van der Waals surface area contributed by atoms with Gasteiger partial charge >= 0.3 is 6.18 Å². The number of aryl methyl sites for hydroxylation is 1. The van der Waals surface area contributed by atoms with E-state index >= 15 is 0 Å². The summed E-state index contributed by atoms with van der Waals surface area (Å²) in [4.78, 5) is 6.32. The summed E-state index contributed by atoms with van der Waals surface area (Å²) in [6.07, 6.45) is 0.134. The van der Waals surface area contributed by atoms with Crippen LogP contribution in [-0.2, 0) is 21.4 Å². The molecule has 4 heterocycles. The van der Waals surface area contributed by atoms with E-state index in [1.807, 2.05) is 26.0 Å². The average Bonchev–Trinajstić information content (AvgIpc) is 3.30. The minimum atomic E-state index is -4.37. The summed E-state index contributed by atoms with van der Waals surface area (Å²) in [5, 5.41) is 0. The molecule has 2 bridgehead atoms. The number of anilines is 1. The Bertz CT molecular complexity index is 959. The number of pyridine rings is 1. The molecule has 5 rings (SSSR count). The van der Waals surface area contributed by atoms with Gasteiger partial charge in [-0.3, -0.25) is 0 Å². The number of benzene rings is 1. The van der Waals surface area contributed by atoms with Gasteiger partial charge in [-0.25, -0.2) is 4.98 Å². The lowest BCUT2D eigenvalue weighted by molar-refractivity contribution is -0.151. The lowest BCUT2D eigenvalue weighted by Gasteiger charge is -2.40. The minimum absolute atomic E-state index is 0.0182. The molecule has 0 amide bonds. The topological polar surface area (TPSA) is 43.8 Å². The summed E-state index contributed by atoms with van der Waals surface area (Å²) in [6, 6.07) is 9.06. The van der Waals surface area contributed by atoms with E-state index in [0.29, 0.717) is 19.0 Å². The van der Waals surface area contributed by atoms with Crippen molar-refractivity contribution in [3.8, 4) is 5.75 Å². The first-order valence-electron chi connectivity index (χ1n) is 11.1. The van der Waals surface area contributed by atoms with Gasteiger partial charge in [0.15, 0.2) is 5.79 Å². The average molecular weight is 448 g/mol. The summed E-state index contributed by atoms with van der Waals surface area (Å²) in [5.74, 6) is 0.566. The zero-order valence-corrected chi connectivity index (χ0v) is 18.2. The number of hydrogen-bond acceptors (Lipinski definition) is 5. The molecular weight excluding hydrogens is 421 g/mol. The standard InChI is InChI=1S/C24H27F3N2O3/c1-15-3-7-21(20(11-15)23(2)30-9-10-31-23)32-19-12-17-5-6-18(13-19)29(17)22-8-4-16(14-28-22)24(25,26)27/h3-4,7-8,11,14,17-19H,5-6,9-10,12-13H2,1-2H3/t17-,18+,19+. The third-order valence-corrected chi connectivity index (χ3v) is 6.79. The van der Waals surface area contributed by atoms with Crippen molar-refractivity contribution >= 4 is 5.82 Å². The molecule has 5 nitrogen and oxygen atoms in total. The number of piperidine rings is 1. The Labute approximate surface area is 185 Å². The van der Waals surface area contributed by atoms with E-state index in [1.165, 1.54) is 6.07 Å². The molecule has 2 aromatic rings.